The highest BCUT2D eigenvalue weighted by molar-refractivity contribution is 7.92. The van der Waals surface area contributed by atoms with Gasteiger partial charge in [-0.05, 0) is 12.1 Å². The van der Waals surface area contributed by atoms with Crippen molar-refractivity contribution < 1.29 is 18.3 Å². The van der Waals surface area contributed by atoms with Gasteiger partial charge in [0.15, 0.2) is 9.84 Å². The number of hydrogen-bond acceptors (Lipinski definition) is 4. The molecule has 1 amide bonds. The van der Waals surface area contributed by atoms with Gasteiger partial charge in [-0.15, -0.1) is 0 Å². The van der Waals surface area contributed by atoms with Gasteiger partial charge in [0.05, 0.1) is 4.90 Å². The normalized spacial score (nSPS) is 18.4. The molecule has 1 aliphatic heterocycles. The lowest BCUT2D eigenvalue weighted by Gasteiger charge is -2.17. The van der Waals surface area contributed by atoms with Gasteiger partial charge in [-0.3, -0.25) is 4.79 Å². The monoisotopic (exact) mass is 213 g/mol. The number of aromatic hydroxyl groups is 1. The third-order valence-electron chi connectivity index (χ3n) is 1.92. The van der Waals surface area contributed by atoms with Crippen LogP contribution in [0, 0.1) is 0 Å². The van der Waals surface area contributed by atoms with Crippen LogP contribution in [0.3, 0.4) is 0 Å². The Morgan fingerprint density at radius 1 is 1.36 bits per heavy atom. The molecule has 6 heteroatoms. The largest absolute Gasteiger partial charge is 0.506 e. The average Bonchev–Trinajstić information content (AvgIpc) is 2.05. The highest BCUT2D eigenvalue weighted by Crippen LogP contribution is 2.33. The van der Waals surface area contributed by atoms with Crippen LogP contribution in [0.2, 0.25) is 0 Å². The molecule has 0 spiro atoms. The molecule has 2 N–H and O–H groups in total. The number of amides is 1. The number of rotatable bonds is 0. The van der Waals surface area contributed by atoms with Crippen LogP contribution in [0.5, 0.6) is 5.75 Å². The van der Waals surface area contributed by atoms with Crippen LogP contribution in [-0.2, 0) is 14.6 Å². The Balaban J connectivity index is 2.76. The van der Waals surface area contributed by atoms with Gasteiger partial charge in [0, 0.05) is 0 Å². The summed E-state index contributed by atoms with van der Waals surface area (Å²) >= 11 is 0. The number of phenols is 1. The van der Waals surface area contributed by atoms with Crippen molar-refractivity contribution in [2.45, 2.75) is 4.90 Å². The van der Waals surface area contributed by atoms with Gasteiger partial charge in [-0.1, -0.05) is 6.07 Å². The Kier molecular flexibility index (Phi) is 1.75. The number of carbonyl (C=O) groups is 1. The maximum Gasteiger partial charge on any atom is 0.240 e. The predicted octanol–water partition coefficient (Wildman–Crippen LogP) is 0.118. The van der Waals surface area contributed by atoms with E-state index < -0.39 is 21.5 Å². The number of fused-ring (bicyclic) bond motifs is 1. The zero-order valence-corrected chi connectivity index (χ0v) is 7.84. The molecular formula is C8H7NO4S. The van der Waals surface area contributed by atoms with Gasteiger partial charge < -0.3 is 10.4 Å². The zero-order valence-electron chi connectivity index (χ0n) is 7.02. The molecule has 0 aliphatic carbocycles. The van der Waals surface area contributed by atoms with Crippen LogP contribution in [-0.4, -0.2) is 25.2 Å². The Bertz CT molecular complexity index is 506. The molecule has 0 atom stereocenters. The second-order valence-corrected chi connectivity index (χ2v) is 4.92. The number of phenolic OH excluding ortho intramolecular Hbond substituents is 1. The molecule has 0 radical (unpaired) electrons. The van der Waals surface area contributed by atoms with Crippen LogP contribution >= 0.6 is 0 Å². The summed E-state index contributed by atoms with van der Waals surface area (Å²) < 4.78 is 22.9. The minimum absolute atomic E-state index is 0.0243. The van der Waals surface area contributed by atoms with Gasteiger partial charge in [0.2, 0.25) is 5.91 Å². The molecule has 0 aromatic heterocycles. The van der Waals surface area contributed by atoms with E-state index in [0.29, 0.717) is 0 Å². The molecule has 0 fully saturated rings. The molecular weight excluding hydrogens is 206 g/mol. The summed E-state index contributed by atoms with van der Waals surface area (Å²) in [5, 5.41) is 11.6. The van der Waals surface area contributed by atoms with Crippen molar-refractivity contribution in [2.75, 3.05) is 11.1 Å². The van der Waals surface area contributed by atoms with Crippen molar-refractivity contribution in [1.82, 2.24) is 0 Å². The molecule has 2 rings (SSSR count). The van der Waals surface area contributed by atoms with Crippen molar-refractivity contribution in [3.63, 3.8) is 0 Å². The number of hydrogen-bond donors (Lipinski definition) is 2. The second kappa shape index (κ2) is 2.71. The van der Waals surface area contributed by atoms with Crippen molar-refractivity contribution >= 4 is 21.4 Å². The number of anilines is 1. The fourth-order valence-corrected chi connectivity index (χ4v) is 2.66. The van der Waals surface area contributed by atoms with E-state index in [0.717, 1.165) is 0 Å². The van der Waals surface area contributed by atoms with E-state index in [1.54, 1.807) is 0 Å². The van der Waals surface area contributed by atoms with E-state index in [2.05, 4.69) is 5.32 Å². The first-order valence-corrected chi connectivity index (χ1v) is 5.50. The quantitative estimate of drug-likeness (QED) is 0.599. The summed E-state index contributed by atoms with van der Waals surface area (Å²) in [7, 11) is -3.59. The van der Waals surface area contributed by atoms with Crippen LogP contribution in [0.1, 0.15) is 0 Å². The Labute approximate surface area is 80.3 Å². The third-order valence-corrected chi connectivity index (χ3v) is 3.58. The predicted molar refractivity (Wildman–Crippen MR) is 48.8 cm³/mol. The lowest BCUT2D eigenvalue weighted by molar-refractivity contribution is -0.114. The van der Waals surface area contributed by atoms with Crippen molar-refractivity contribution in [1.29, 1.82) is 0 Å². The van der Waals surface area contributed by atoms with Gasteiger partial charge in [0.25, 0.3) is 0 Å². The maximum atomic E-state index is 11.5. The number of carbonyl (C=O) groups excluding carboxylic acids is 1. The molecule has 1 aliphatic rings. The van der Waals surface area contributed by atoms with Gasteiger partial charge in [0.1, 0.15) is 17.2 Å². The summed E-state index contributed by atoms with van der Waals surface area (Å²) in [6.07, 6.45) is 0. The summed E-state index contributed by atoms with van der Waals surface area (Å²) in [6.45, 7) is 0. The van der Waals surface area contributed by atoms with Crippen molar-refractivity contribution in [2.24, 2.45) is 0 Å². The smallest absolute Gasteiger partial charge is 0.240 e. The molecule has 0 bridgehead atoms. The standard InChI is InChI=1S/C8H7NO4S/c10-5-2-1-3-6-8(5)9-7(11)4-14(6,12)13/h1-3,10H,4H2,(H,9,11). The SMILES string of the molecule is O=C1CS(=O)(=O)c2cccc(O)c2N1. The fourth-order valence-electron chi connectivity index (χ4n) is 1.33. The lowest BCUT2D eigenvalue weighted by Crippen LogP contribution is -2.29. The molecule has 1 aromatic rings. The highest BCUT2D eigenvalue weighted by atomic mass is 32.2. The molecule has 1 aromatic carbocycles. The maximum absolute atomic E-state index is 11.5. The lowest BCUT2D eigenvalue weighted by atomic mass is 10.3. The third kappa shape index (κ3) is 1.24. The van der Waals surface area contributed by atoms with Crippen LogP contribution in [0.4, 0.5) is 5.69 Å². The summed E-state index contributed by atoms with van der Waals surface area (Å²) in [4.78, 5) is 11.0. The second-order valence-electron chi connectivity index (χ2n) is 2.96. The molecule has 74 valence electrons. The van der Waals surface area contributed by atoms with E-state index in [1.165, 1.54) is 18.2 Å². The molecule has 0 saturated carbocycles. The van der Waals surface area contributed by atoms with Crippen molar-refractivity contribution in [3.8, 4) is 5.75 Å². The summed E-state index contributed by atoms with van der Waals surface area (Å²) in [6, 6.07) is 4.09. The number of para-hydroxylation sites is 1. The van der Waals surface area contributed by atoms with Crippen LogP contribution < -0.4 is 5.32 Å². The van der Waals surface area contributed by atoms with E-state index in [9.17, 15) is 18.3 Å². The number of benzene rings is 1. The Hall–Kier alpha value is -1.56. The number of nitrogens with one attached hydrogen (secondary N) is 1. The summed E-state index contributed by atoms with van der Waals surface area (Å²) in [5.74, 6) is -1.43. The first-order valence-electron chi connectivity index (χ1n) is 3.85. The molecule has 0 unspecified atom stereocenters. The molecule has 5 nitrogen and oxygen atoms in total. The van der Waals surface area contributed by atoms with Gasteiger partial charge >= 0.3 is 0 Å². The minimum Gasteiger partial charge on any atom is -0.506 e. The minimum atomic E-state index is -3.59. The topological polar surface area (TPSA) is 83.5 Å². The van der Waals surface area contributed by atoms with Crippen LogP contribution in [0.15, 0.2) is 23.1 Å². The Morgan fingerprint density at radius 3 is 2.79 bits per heavy atom. The molecule has 14 heavy (non-hydrogen) atoms. The van der Waals surface area contributed by atoms with E-state index in [-0.39, 0.29) is 16.3 Å². The van der Waals surface area contributed by atoms with Gasteiger partial charge in [-0.2, -0.15) is 0 Å². The molecule has 1 heterocycles. The first-order chi connectivity index (χ1) is 6.50. The number of sulfone groups is 1. The average molecular weight is 213 g/mol. The van der Waals surface area contributed by atoms with E-state index >= 15 is 0 Å². The Morgan fingerprint density at radius 2 is 2.07 bits per heavy atom. The van der Waals surface area contributed by atoms with Crippen molar-refractivity contribution in [3.05, 3.63) is 18.2 Å². The zero-order chi connectivity index (χ0) is 10.3. The first kappa shape index (κ1) is 9.01. The highest BCUT2D eigenvalue weighted by Gasteiger charge is 2.30. The van der Waals surface area contributed by atoms with E-state index in [4.69, 9.17) is 0 Å². The summed E-state index contributed by atoms with van der Waals surface area (Å²) in [5.41, 5.74) is -0.0243. The van der Waals surface area contributed by atoms with Crippen LogP contribution in [0.25, 0.3) is 0 Å². The van der Waals surface area contributed by atoms with Gasteiger partial charge in [-0.25, -0.2) is 8.42 Å². The van der Waals surface area contributed by atoms with E-state index in [1.807, 2.05) is 0 Å². The molecule has 0 saturated heterocycles. The fraction of sp³-hybridized carbons (Fsp3) is 0.125.